The van der Waals surface area contributed by atoms with Crippen LogP contribution in [0.15, 0.2) is 24.3 Å². The Balaban J connectivity index is 2.74. The van der Waals surface area contributed by atoms with Gasteiger partial charge in [-0.05, 0) is 12.0 Å². The first kappa shape index (κ1) is 8.71. The van der Waals surface area contributed by atoms with Crippen LogP contribution in [0.3, 0.4) is 0 Å². The summed E-state index contributed by atoms with van der Waals surface area (Å²) in [4.78, 5) is 10.3. The molecule has 1 rings (SSSR count). The van der Waals surface area contributed by atoms with Crippen LogP contribution in [0.4, 0.5) is 0 Å². The average Bonchev–Trinajstić information content (AvgIpc) is 2.07. The summed E-state index contributed by atoms with van der Waals surface area (Å²) < 4.78 is 1.12. The second-order valence-corrected chi connectivity index (χ2v) is 3.38. The summed E-state index contributed by atoms with van der Waals surface area (Å²) >= 11 is 2.34. The molecule has 0 saturated heterocycles. The minimum absolute atomic E-state index is 0.752. The number of benzene rings is 1. The highest BCUT2D eigenvalue weighted by molar-refractivity contribution is 14.1. The maximum absolute atomic E-state index is 10.3. The van der Waals surface area contributed by atoms with Gasteiger partial charge in [0, 0.05) is 9.99 Å². The molecular formula is C9H9IO. The standard InChI is InChI=1S/C9H9IO/c10-6-5-8-1-3-9(7-11)4-2-8/h1-4,7H,5-6H2. The van der Waals surface area contributed by atoms with Crippen molar-refractivity contribution >= 4 is 28.9 Å². The number of carbonyl (C=O) groups is 1. The van der Waals surface area contributed by atoms with E-state index in [1.165, 1.54) is 5.56 Å². The van der Waals surface area contributed by atoms with E-state index in [1.807, 2.05) is 24.3 Å². The molecule has 0 N–H and O–H groups in total. The molecule has 0 spiro atoms. The summed E-state index contributed by atoms with van der Waals surface area (Å²) in [5.41, 5.74) is 2.05. The van der Waals surface area contributed by atoms with Crippen LogP contribution in [-0.2, 0) is 6.42 Å². The molecule has 0 amide bonds. The van der Waals surface area contributed by atoms with Crippen LogP contribution in [0, 0.1) is 0 Å². The molecule has 0 unspecified atom stereocenters. The number of alkyl halides is 1. The smallest absolute Gasteiger partial charge is 0.150 e. The van der Waals surface area contributed by atoms with Gasteiger partial charge in [-0.15, -0.1) is 0 Å². The Bertz CT molecular complexity index is 228. The van der Waals surface area contributed by atoms with Crippen LogP contribution < -0.4 is 0 Å². The van der Waals surface area contributed by atoms with Gasteiger partial charge in [0.25, 0.3) is 0 Å². The highest BCUT2D eigenvalue weighted by atomic mass is 127. The molecule has 0 aliphatic rings. The Kier molecular flexibility index (Phi) is 3.56. The largest absolute Gasteiger partial charge is 0.298 e. The molecule has 1 aromatic carbocycles. The maximum Gasteiger partial charge on any atom is 0.150 e. The molecule has 0 heterocycles. The fraction of sp³-hybridized carbons (Fsp3) is 0.222. The van der Waals surface area contributed by atoms with Gasteiger partial charge in [0.05, 0.1) is 0 Å². The molecule has 0 aliphatic carbocycles. The summed E-state index contributed by atoms with van der Waals surface area (Å²) in [5.74, 6) is 0. The van der Waals surface area contributed by atoms with Crippen molar-refractivity contribution in [2.45, 2.75) is 6.42 Å². The van der Waals surface area contributed by atoms with E-state index in [-0.39, 0.29) is 0 Å². The summed E-state index contributed by atoms with van der Waals surface area (Å²) in [6.45, 7) is 0. The molecule has 0 fully saturated rings. The lowest BCUT2D eigenvalue weighted by atomic mass is 10.1. The van der Waals surface area contributed by atoms with Crippen LogP contribution >= 0.6 is 22.6 Å². The van der Waals surface area contributed by atoms with Gasteiger partial charge in [-0.3, -0.25) is 4.79 Å². The van der Waals surface area contributed by atoms with Crippen LogP contribution in [0.1, 0.15) is 15.9 Å². The summed E-state index contributed by atoms with van der Waals surface area (Å²) in [6.07, 6.45) is 1.95. The first-order valence-electron chi connectivity index (χ1n) is 3.47. The van der Waals surface area contributed by atoms with E-state index in [4.69, 9.17) is 0 Å². The lowest BCUT2D eigenvalue weighted by Gasteiger charge is -1.96. The summed E-state index contributed by atoms with van der Waals surface area (Å²) in [5, 5.41) is 0. The molecule has 1 aromatic rings. The first-order chi connectivity index (χ1) is 5.36. The van der Waals surface area contributed by atoms with Crippen molar-refractivity contribution in [2.24, 2.45) is 0 Å². The van der Waals surface area contributed by atoms with E-state index in [1.54, 1.807) is 0 Å². The highest BCUT2D eigenvalue weighted by Crippen LogP contribution is 2.04. The van der Waals surface area contributed by atoms with Crippen molar-refractivity contribution in [3.8, 4) is 0 Å². The van der Waals surface area contributed by atoms with Gasteiger partial charge in [0.15, 0.2) is 0 Å². The zero-order valence-electron chi connectivity index (χ0n) is 6.09. The second kappa shape index (κ2) is 4.49. The van der Waals surface area contributed by atoms with Crippen LogP contribution in [0.25, 0.3) is 0 Å². The Morgan fingerprint density at radius 3 is 2.36 bits per heavy atom. The average molecular weight is 260 g/mol. The molecule has 0 saturated carbocycles. The van der Waals surface area contributed by atoms with Gasteiger partial charge in [0.1, 0.15) is 6.29 Å². The zero-order chi connectivity index (χ0) is 8.10. The lowest BCUT2D eigenvalue weighted by Crippen LogP contribution is -1.86. The number of halogens is 1. The summed E-state index contributed by atoms with van der Waals surface area (Å²) in [6, 6.07) is 7.72. The van der Waals surface area contributed by atoms with Crippen molar-refractivity contribution in [3.63, 3.8) is 0 Å². The van der Waals surface area contributed by atoms with Gasteiger partial charge in [-0.2, -0.15) is 0 Å². The van der Waals surface area contributed by atoms with Crippen molar-refractivity contribution in [2.75, 3.05) is 4.43 Å². The van der Waals surface area contributed by atoms with Crippen LogP contribution in [-0.4, -0.2) is 10.7 Å². The predicted molar refractivity (Wildman–Crippen MR) is 54.4 cm³/mol. The number of rotatable bonds is 3. The fourth-order valence-corrected chi connectivity index (χ4v) is 1.49. The summed E-state index contributed by atoms with van der Waals surface area (Å²) in [7, 11) is 0. The first-order valence-corrected chi connectivity index (χ1v) is 4.99. The van der Waals surface area contributed by atoms with Gasteiger partial charge >= 0.3 is 0 Å². The van der Waals surface area contributed by atoms with Gasteiger partial charge < -0.3 is 0 Å². The second-order valence-electron chi connectivity index (χ2n) is 2.30. The number of hydrogen-bond donors (Lipinski definition) is 0. The molecule has 0 atom stereocenters. The number of aryl methyl sites for hydroxylation is 1. The van der Waals surface area contributed by atoms with Crippen LogP contribution in [0.5, 0.6) is 0 Å². The third kappa shape index (κ3) is 2.61. The molecule has 2 heteroatoms. The monoisotopic (exact) mass is 260 g/mol. The van der Waals surface area contributed by atoms with Crippen LogP contribution in [0.2, 0.25) is 0 Å². The molecule has 0 aromatic heterocycles. The van der Waals surface area contributed by atoms with Crippen molar-refractivity contribution < 1.29 is 4.79 Å². The van der Waals surface area contributed by atoms with Crippen molar-refractivity contribution in [3.05, 3.63) is 35.4 Å². The van der Waals surface area contributed by atoms with E-state index in [0.717, 1.165) is 22.7 Å². The quantitative estimate of drug-likeness (QED) is 0.463. The Labute approximate surface area is 79.9 Å². The highest BCUT2D eigenvalue weighted by Gasteiger charge is 1.91. The van der Waals surface area contributed by atoms with E-state index in [9.17, 15) is 4.79 Å². The molecule has 58 valence electrons. The normalized spacial score (nSPS) is 9.55. The Morgan fingerprint density at radius 1 is 1.27 bits per heavy atom. The molecule has 0 aliphatic heterocycles. The lowest BCUT2D eigenvalue weighted by molar-refractivity contribution is 0.112. The third-order valence-corrected chi connectivity index (χ3v) is 2.04. The zero-order valence-corrected chi connectivity index (χ0v) is 8.24. The van der Waals surface area contributed by atoms with E-state index >= 15 is 0 Å². The molecule has 0 radical (unpaired) electrons. The molecule has 0 bridgehead atoms. The molecule has 11 heavy (non-hydrogen) atoms. The van der Waals surface area contributed by atoms with E-state index in [2.05, 4.69) is 22.6 Å². The minimum Gasteiger partial charge on any atom is -0.298 e. The van der Waals surface area contributed by atoms with Gasteiger partial charge in [-0.25, -0.2) is 0 Å². The Hall–Kier alpha value is -0.380. The molecular weight excluding hydrogens is 251 g/mol. The molecule has 1 nitrogen and oxygen atoms in total. The topological polar surface area (TPSA) is 17.1 Å². The fourth-order valence-electron chi connectivity index (χ4n) is 0.872. The van der Waals surface area contributed by atoms with Crippen molar-refractivity contribution in [1.29, 1.82) is 0 Å². The number of aldehydes is 1. The van der Waals surface area contributed by atoms with Gasteiger partial charge in [-0.1, -0.05) is 46.9 Å². The van der Waals surface area contributed by atoms with E-state index in [0.29, 0.717) is 0 Å². The number of hydrogen-bond acceptors (Lipinski definition) is 1. The van der Waals surface area contributed by atoms with Gasteiger partial charge in [0.2, 0.25) is 0 Å². The SMILES string of the molecule is O=Cc1ccc(CCI)cc1. The van der Waals surface area contributed by atoms with Crippen molar-refractivity contribution in [1.82, 2.24) is 0 Å². The maximum atomic E-state index is 10.3. The third-order valence-electron chi connectivity index (χ3n) is 1.50. The predicted octanol–water partition coefficient (Wildman–Crippen LogP) is 2.48. The van der Waals surface area contributed by atoms with E-state index < -0.39 is 0 Å². The number of carbonyl (C=O) groups excluding carboxylic acids is 1. The minimum atomic E-state index is 0.752. The Morgan fingerprint density at radius 2 is 1.91 bits per heavy atom.